The lowest BCUT2D eigenvalue weighted by atomic mass is 10.1. The Balaban J connectivity index is 2.43. The van der Waals surface area contributed by atoms with Gasteiger partial charge < -0.3 is 9.84 Å². The topological polar surface area (TPSA) is 66.8 Å². The molecular weight excluding hydrogens is 306 g/mol. The van der Waals surface area contributed by atoms with E-state index in [0.29, 0.717) is 5.69 Å². The van der Waals surface area contributed by atoms with Crippen molar-refractivity contribution in [3.8, 4) is 0 Å². The predicted octanol–water partition coefficient (Wildman–Crippen LogP) is 4.33. The molecule has 0 aliphatic heterocycles. The fourth-order valence-corrected chi connectivity index (χ4v) is 2.22. The molecule has 5 heteroatoms. The van der Waals surface area contributed by atoms with E-state index in [4.69, 9.17) is 4.74 Å². The van der Waals surface area contributed by atoms with Gasteiger partial charge in [-0.15, -0.1) is 0 Å². The Morgan fingerprint density at radius 3 is 2.17 bits per heavy atom. The first-order chi connectivity index (χ1) is 11.3. The number of amides is 1. The molecule has 0 radical (unpaired) electrons. The van der Waals surface area contributed by atoms with Crippen molar-refractivity contribution in [2.45, 2.75) is 32.9 Å². The molecule has 1 amide bonds. The molecule has 24 heavy (non-hydrogen) atoms. The second kappa shape index (κ2) is 7.17. The van der Waals surface area contributed by atoms with Crippen molar-refractivity contribution in [1.29, 1.82) is 0 Å². The largest absolute Gasteiger partial charge is 0.478 e. The van der Waals surface area contributed by atoms with E-state index in [-0.39, 0.29) is 12.1 Å². The Morgan fingerprint density at radius 2 is 1.58 bits per heavy atom. The van der Waals surface area contributed by atoms with Crippen LogP contribution in [0.4, 0.5) is 10.5 Å². The van der Waals surface area contributed by atoms with Gasteiger partial charge in [0.05, 0.1) is 17.8 Å². The molecule has 2 rings (SSSR count). The summed E-state index contributed by atoms with van der Waals surface area (Å²) in [6, 6.07) is 15.8. The first-order valence-corrected chi connectivity index (χ1v) is 7.65. The van der Waals surface area contributed by atoms with Crippen molar-refractivity contribution in [2.75, 3.05) is 4.90 Å². The molecule has 0 saturated heterocycles. The number of carbonyl (C=O) groups is 2. The SMILES string of the molecule is CC(C)(C)OC(=O)N(Cc1ccccc1)c1ccccc1C(=O)O. The van der Waals surface area contributed by atoms with Crippen LogP contribution in [0.25, 0.3) is 0 Å². The van der Waals surface area contributed by atoms with E-state index in [1.807, 2.05) is 30.3 Å². The summed E-state index contributed by atoms with van der Waals surface area (Å²) in [5.74, 6) is -1.09. The summed E-state index contributed by atoms with van der Waals surface area (Å²) in [4.78, 5) is 25.5. The summed E-state index contributed by atoms with van der Waals surface area (Å²) >= 11 is 0. The van der Waals surface area contributed by atoms with Gasteiger partial charge in [-0.3, -0.25) is 4.90 Å². The lowest BCUT2D eigenvalue weighted by Gasteiger charge is -2.28. The quantitative estimate of drug-likeness (QED) is 0.908. The molecule has 0 saturated carbocycles. The normalized spacial score (nSPS) is 11.0. The number of benzene rings is 2. The second-order valence-corrected chi connectivity index (χ2v) is 6.37. The van der Waals surface area contributed by atoms with Gasteiger partial charge in [-0.2, -0.15) is 0 Å². The van der Waals surface area contributed by atoms with Gasteiger partial charge in [0.2, 0.25) is 0 Å². The molecule has 126 valence electrons. The van der Waals surface area contributed by atoms with Crippen LogP contribution in [0.3, 0.4) is 0 Å². The van der Waals surface area contributed by atoms with Crippen molar-refractivity contribution in [3.63, 3.8) is 0 Å². The van der Waals surface area contributed by atoms with E-state index in [1.54, 1.807) is 39.0 Å². The Kier molecular flexibility index (Phi) is 5.24. The van der Waals surface area contributed by atoms with Gasteiger partial charge in [-0.05, 0) is 38.5 Å². The monoisotopic (exact) mass is 327 g/mol. The third-order valence-electron chi connectivity index (χ3n) is 3.22. The summed E-state index contributed by atoms with van der Waals surface area (Å²) in [5, 5.41) is 9.42. The molecule has 0 fully saturated rings. The van der Waals surface area contributed by atoms with E-state index >= 15 is 0 Å². The zero-order valence-corrected chi connectivity index (χ0v) is 14.0. The summed E-state index contributed by atoms with van der Waals surface area (Å²) in [6.45, 7) is 5.54. The summed E-state index contributed by atoms with van der Waals surface area (Å²) < 4.78 is 5.46. The number of aromatic carboxylic acids is 1. The van der Waals surface area contributed by atoms with Crippen LogP contribution in [0.5, 0.6) is 0 Å². The van der Waals surface area contributed by atoms with Crippen LogP contribution < -0.4 is 4.90 Å². The molecule has 0 aliphatic rings. The lowest BCUT2D eigenvalue weighted by Crippen LogP contribution is -2.37. The van der Waals surface area contributed by atoms with Gasteiger partial charge in [0.1, 0.15) is 5.60 Å². The van der Waals surface area contributed by atoms with Crippen LogP contribution in [-0.2, 0) is 11.3 Å². The van der Waals surface area contributed by atoms with Crippen LogP contribution in [0, 0.1) is 0 Å². The van der Waals surface area contributed by atoms with Crippen molar-refractivity contribution >= 4 is 17.7 Å². The molecule has 0 aromatic heterocycles. The number of ether oxygens (including phenoxy) is 1. The third kappa shape index (κ3) is 4.59. The number of para-hydroxylation sites is 1. The van der Waals surface area contributed by atoms with Crippen molar-refractivity contribution < 1.29 is 19.4 Å². The molecular formula is C19H21NO4. The smallest absolute Gasteiger partial charge is 0.415 e. The molecule has 0 atom stereocenters. The summed E-state index contributed by atoms with van der Waals surface area (Å²) in [6.07, 6.45) is -0.583. The number of carbonyl (C=O) groups excluding carboxylic acids is 1. The minimum absolute atomic E-state index is 0.0549. The van der Waals surface area contributed by atoms with E-state index < -0.39 is 17.7 Å². The standard InChI is InChI=1S/C19H21NO4/c1-19(2,3)24-18(23)20(13-14-9-5-4-6-10-14)16-12-8-7-11-15(16)17(21)22/h4-12H,13H2,1-3H3,(H,21,22). The highest BCUT2D eigenvalue weighted by atomic mass is 16.6. The number of nitrogens with zero attached hydrogens (tertiary/aromatic N) is 1. The molecule has 5 nitrogen and oxygen atoms in total. The highest BCUT2D eigenvalue weighted by Crippen LogP contribution is 2.25. The fraction of sp³-hybridized carbons (Fsp3) is 0.263. The number of anilines is 1. The minimum Gasteiger partial charge on any atom is -0.478 e. The van der Waals surface area contributed by atoms with E-state index in [9.17, 15) is 14.7 Å². The maximum absolute atomic E-state index is 12.6. The first kappa shape index (κ1) is 17.5. The number of hydrogen-bond donors (Lipinski definition) is 1. The Bertz CT molecular complexity index is 720. The first-order valence-electron chi connectivity index (χ1n) is 7.65. The number of carboxylic acid groups (broad SMARTS) is 1. The zero-order chi connectivity index (χ0) is 17.7. The number of rotatable bonds is 4. The molecule has 0 unspecified atom stereocenters. The molecule has 0 heterocycles. The summed E-state index contributed by atoms with van der Waals surface area (Å²) in [7, 11) is 0. The van der Waals surface area contributed by atoms with Crippen LogP contribution in [0.1, 0.15) is 36.7 Å². The van der Waals surface area contributed by atoms with Crippen LogP contribution in [-0.4, -0.2) is 22.8 Å². The van der Waals surface area contributed by atoms with Gasteiger partial charge in [-0.1, -0.05) is 42.5 Å². The zero-order valence-electron chi connectivity index (χ0n) is 14.0. The van der Waals surface area contributed by atoms with Crippen LogP contribution in [0.2, 0.25) is 0 Å². The Labute approximate surface area is 141 Å². The van der Waals surface area contributed by atoms with Gasteiger partial charge in [0, 0.05) is 0 Å². The summed E-state index contributed by atoms with van der Waals surface area (Å²) in [5.41, 5.74) is 0.565. The second-order valence-electron chi connectivity index (χ2n) is 6.37. The highest BCUT2D eigenvalue weighted by molar-refractivity contribution is 5.99. The maximum atomic E-state index is 12.6. The average molecular weight is 327 g/mol. The fourth-order valence-electron chi connectivity index (χ4n) is 2.22. The Morgan fingerprint density at radius 1 is 1.00 bits per heavy atom. The van der Waals surface area contributed by atoms with Crippen molar-refractivity contribution in [1.82, 2.24) is 0 Å². The highest BCUT2D eigenvalue weighted by Gasteiger charge is 2.26. The molecule has 0 aliphatic carbocycles. The third-order valence-corrected chi connectivity index (χ3v) is 3.22. The van der Waals surface area contributed by atoms with Gasteiger partial charge >= 0.3 is 12.1 Å². The lowest BCUT2D eigenvalue weighted by molar-refractivity contribution is 0.0577. The number of carboxylic acids is 1. The molecule has 0 spiro atoms. The van der Waals surface area contributed by atoms with Gasteiger partial charge in [0.15, 0.2) is 0 Å². The molecule has 2 aromatic carbocycles. The van der Waals surface area contributed by atoms with E-state index in [0.717, 1.165) is 5.56 Å². The molecule has 1 N–H and O–H groups in total. The average Bonchev–Trinajstić information content (AvgIpc) is 2.52. The van der Waals surface area contributed by atoms with Crippen molar-refractivity contribution in [3.05, 3.63) is 65.7 Å². The van der Waals surface area contributed by atoms with E-state index in [2.05, 4.69) is 0 Å². The van der Waals surface area contributed by atoms with Crippen molar-refractivity contribution in [2.24, 2.45) is 0 Å². The van der Waals surface area contributed by atoms with Gasteiger partial charge in [0.25, 0.3) is 0 Å². The number of hydrogen-bond acceptors (Lipinski definition) is 3. The van der Waals surface area contributed by atoms with Crippen LogP contribution in [0.15, 0.2) is 54.6 Å². The molecule has 2 aromatic rings. The van der Waals surface area contributed by atoms with E-state index in [1.165, 1.54) is 11.0 Å². The Hall–Kier alpha value is -2.82. The van der Waals surface area contributed by atoms with Crippen LogP contribution >= 0.6 is 0 Å². The maximum Gasteiger partial charge on any atom is 0.415 e. The predicted molar refractivity (Wildman–Crippen MR) is 92.3 cm³/mol. The minimum atomic E-state index is -1.09. The molecule has 0 bridgehead atoms. The van der Waals surface area contributed by atoms with Gasteiger partial charge in [-0.25, -0.2) is 9.59 Å².